The van der Waals surface area contributed by atoms with Crippen LogP contribution in [0.15, 0.2) is 6.33 Å². The summed E-state index contributed by atoms with van der Waals surface area (Å²) in [6.45, 7) is 7.00. The first-order valence-corrected chi connectivity index (χ1v) is 6.58. The Kier molecular flexibility index (Phi) is 4.23. The number of hydrogen-bond acceptors (Lipinski definition) is 4. The Morgan fingerprint density at radius 3 is 2.56 bits per heavy atom. The fourth-order valence-electron chi connectivity index (χ4n) is 2.27. The van der Waals surface area contributed by atoms with Crippen LogP contribution in [-0.4, -0.2) is 52.1 Å². The number of nitriles is 1. The Morgan fingerprint density at radius 1 is 1.44 bits per heavy atom. The predicted octanol–water partition coefficient (Wildman–Crippen LogP) is 1.28. The van der Waals surface area contributed by atoms with Gasteiger partial charge in [0.05, 0.1) is 12.4 Å². The lowest BCUT2D eigenvalue weighted by Gasteiger charge is -2.35. The molecule has 2 heterocycles. The minimum atomic E-state index is -0.335. The van der Waals surface area contributed by atoms with E-state index in [4.69, 9.17) is 11.6 Å². The first-order chi connectivity index (χ1) is 8.67. The maximum atomic E-state index is 9.38. The van der Waals surface area contributed by atoms with Gasteiger partial charge in [0.1, 0.15) is 16.9 Å². The molecular formula is C12H18ClN5. The Balaban J connectivity index is 2.11. The van der Waals surface area contributed by atoms with Crippen LogP contribution in [0.2, 0.25) is 5.15 Å². The molecule has 0 aliphatic carbocycles. The topological polar surface area (TPSA) is 48.1 Å². The molecule has 1 aromatic heterocycles. The van der Waals surface area contributed by atoms with Crippen molar-refractivity contribution < 1.29 is 0 Å². The van der Waals surface area contributed by atoms with Crippen LogP contribution in [0.25, 0.3) is 0 Å². The van der Waals surface area contributed by atoms with Crippen LogP contribution >= 0.6 is 11.6 Å². The van der Waals surface area contributed by atoms with Crippen LogP contribution in [0, 0.1) is 11.3 Å². The van der Waals surface area contributed by atoms with Crippen LogP contribution in [-0.2, 0) is 7.05 Å². The Hall–Kier alpha value is -1.09. The van der Waals surface area contributed by atoms with Crippen LogP contribution in [0.3, 0.4) is 0 Å². The molecule has 0 bridgehead atoms. The number of halogens is 1. The van der Waals surface area contributed by atoms with Gasteiger partial charge in [-0.2, -0.15) is 5.26 Å². The van der Waals surface area contributed by atoms with Crippen LogP contribution < -0.4 is 0 Å². The van der Waals surface area contributed by atoms with E-state index in [0.29, 0.717) is 10.8 Å². The minimum Gasteiger partial charge on any atom is -0.325 e. The van der Waals surface area contributed by atoms with Crippen LogP contribution in [0.4, 0.5) is 0 Å². The fourth-order valence-corrected chi connectivity index (χ4v) is 2.47. The molecule has 0 saturated carbocycles. The second kappa shape index (κ2) is 5.70. The molecule has 0 aromatic carbocycles. The fraction of sp³-hybridized carbons (Fsp3) is 0.667. The third kappa shape index (κ3) is 2.51. The lowest BCUT2D eigenvalue weighted by molar-refractivity contribution is 0.117. The van der Waals surface area contributed by atoms with Gasteiger partial charge >= 0.3 is 0 Å². The van der Waals surface area contributed by atoms with Crippen molar-refractivity contribution in [3.8, 4) is 6.07 Å². The second-order valence-electron chi connectivity index (χ2n) is 4.53. The van der Waals surface area contributed by atoms with Crippen molar-refractivity contribution in [2.24, 2.45) is 7.05 Å². The molecule has 0 N–H and O–H groups in total. The van der Waals surface area contributed by atoms with Crippen molar-refractivity contribution in [2.45, 2.75) is 13.0 Å². The molecule has 1 saturated heterocycles. The van der Waals surface area contributed by atoms with E-state index in [1.54, 1.807) is 10.9 Å². The quantitative estimate of drug-likeness (QED) is 0.828. The van der Waals surface area contributed by atoms with Crippen LogP contribution in [0.5, 0.6) is 0 Å². The summed E-state index contributed by atoms with van der Waals surface area (Å²) < 4.78 is 1.74. The van der Waals surface area contributed by atoms with E-state index in [1.807, 2.05) is 7.05 Å². The summed E-state index contributed by atoms with van der Waals surface area (Å²) in [5, 5.41) is 9.93. The molecule has 6 heteroatoms. The second-order valence-corrected chi connectivity index (χ2v) is 4.89. The molecule has 0 spiro atoms. The third-order valence-corrected chi connectivity index (χ3v) is 3.95. The number of aryl methyl sites for hydroxylation is 1. The zero-order valence-corrected chi connectivity index (χ0v) is 11.6. The number of aromatic nitrogens is 2. The van der Waals surface area contributed by atoms with Crippen LogP contribution in [0.1, 0.15) is 18.7 Å². The van der Waals surface area contributed by atoms with Crippen molar-refractivity contribution in [3.05, 3.63) is 17.2 Å². The summed E-state index contributed by atoms with van der Waals surface area (Å²) in [6.07, 6.45) is 1.66. The number of piperazine rings is 1. The number of nitrogens with zero attached hydrogens (tertiary/aromatic N) is 5. The Labute approximate surface area is 113 Å². The first-order valence-electron chi connectivity index (χ1n) is 6.20. The number of hydrogen-bond donors (Lipinski definition) is 0. The highest BCUT2D eigenvalue weighted by molar-refractivity contribution is 6.30. The van der Waals surface area contributed by atoms with Gasteiger partial charge in [0.15, 0.2) is 0 Å². The zero-order chi connectivity index (χ0) is 13.1. The molecular weight excluding hydrogens is 250 g/mol. The summed E-state index contributed by atoms with van der Waals surface area (Å²) in [4.78, 5) is 8.79. The molecule has 5 nitrogen and oxygen atoms in total. The summed E-state index contributed by atoms with van der Waals surface area (Å²) in [5.41, 5.74) is 0.673. The molecule has 18 heavy (non-hydrogen) atoms. The maximum Gasteiger partial charge on any atom is 0.144 e. The average molecular weight is 268 g/mol. The van der Waals surface area contributed by atoms with E-state index < -0.39 is 0 Å². The molecule has 1 unspecified atom stereocenters. The number of likely N-dealkylation sites (N-methyl/N-ethyl adjacent to an activating group) is 1. The van der Waals surface area contributed by atoms with Gasteiger partial charge in [-0.3, -0.25) is 4.90 Å². The molecule has 1 aliphatic heterocycles. The average Bonchev–Trinajstić information content (AvgIpc) is 2.73. The smallest absolute Gasteiger partial charge is 0.144 e. The molecule has 98 valence electrons. The van der Waals surface area contributed by atoms with E-state index >= 15 is 0 Å². The van der Waals surface area contributed by atoms with Gasteiger partial charge in [-0.15, -0.1) is 0 Å². The number of rotatable bonds is 3. The first kappa shape index (κ1) is 13.3. The van der Waals surface area contributed by atoms with Gasteiger partial charge in [-0.05, 0) is 6.54 Å². The summed E-state index contributed by atoms with van der Waals surface area (Å²) in [5.74, 6) is 0. The molecule has 1 aliphatic rings. The molecule has 1 aromatic rings. The predicted molar refractivity (Wildman–Crippen MR) is 70.3 cm³/mol. The van der Waals surface area contributed by atoms with Crippen molar-refractivity contribution in [3.63, 3.8) is 0 Å². The van der Waals surface area contributed by atoms with Crippen molar-refractivity contribution >= 4 is 11.6 Å². The molecule has 2 rings (SSSR count). The molecule has 0 radical (unpaired) electrons. The van der Waals surface area contributed by atoms with E-state index in [-0.39, 0.29) is 6.04 Å². The summed E-state index contributed by atoms with van der Waals surface area (Å²) >= 11 is 6.17. The molecule has 1 fully saturated rings. The highest BCUT2D eigenvalue weighted by atomic mass is 35.5. The summed E-state index contributed by atoms with van der Waals surface area (Å²) in [6, 6.07) is 1.99. The SMILES string of the molecule is CCN1CCN(C(C#N)c2ncn(C)c2Cl)CC1. The van der Waals surface area contributed by atoms with E-state index in [9.17, 15) is 5.26 Å². The third-order valence-electron chi connectivity index (χ3n) is 3.49. The highest BCUT2D eigenvalue weighted by Crippen LogP contribution is 2.26. The largest absolute Gasteiger partial charge is 0.325 e. The number of imidazole rings is 1. The van der Waals surface area contributed by atoms with E-state index in [0.717, 1.165) is 32.7 Å². The van der Waals surface area contributed by atoms with Crippen molar-refractivity contribution in [2.75, 3.05) is 32.7 Å². The summed E-state index contributed by atoms with van der Waals surface area (Å²) in [7, 11) is 1.84. The van der Waals surface area contributed by atoms with Gasteiger partial charge in [0.25, 0.3) is 0 Å². The van der Waals surface area contributed by atoms with Gasteiger partial charge in [0.2, 0.25) is 0 Å². The van der Waals surface area contributed by atoms with Gasteiger partial charge in [-0.1, -0.05) is 18.5 Å². The lowest BCUT2D eigenvalue weighted by Crippen LogP contribution is -2.47. The van der Waals surface area contributed by atoms with Crippen molar-refractivity contribution in [1.82, 2.24) is 19.4 Å². The van der Waals surface area contributed by atoms with E-state index in [2.05, 4.69) is 27.8 Å². The Bertz CT molecular complexity index is 442. The van der Waals surface area contributed by atoms with Gasteiger partial charge < -0.3 is 9.47 Å². The lowest BCUT2D eigenvalue weighted by atomic mass is 10.1. The normalized spacial score (nSPS) is 19.7. The highest BCUT2D eigenvalue weighted by Gasteiger charge is 2.28. The van der Waals surface area contributed by atoms with Gasteiger partial charge in [0, 0.05) is 33.2 Å². The van der Waals surface area contributed by atoms with Gasteiger partial charge in [-0.25, -0.2) is 4.98 Å². The standard InChI is InChI=1S/C12H18ClN5/c1-3-17-4-6-18(7-5-17)10(8-14)11-12(13)16(2)9-15-11/h9-10H,3-7H2,1-2H3. The Morgan fingerprint density at radius 2 is 2.11 bits per heavy atom. The monoisotopic (exact) mass is 267 g/mol. The van der Waals surface area contributed by atoms with Crippen molar-refractivity contribution in [1.29, 1.82) is 5.26 Å². The minimum absolute atomic E-state index is 0.335. The maximum absolute atomic E-state index is 9.38. The molecule has 1 atom stereocenters. The molecule has 0 amide bonds. The zero-order valence-electron chi connectivity index (χ0n) is 10.8. The van der Waals surface area contributed by atoms with E-state index in [1.165, 1.54) is 0 Å².